The number of hydrogen-bond acceptors (Lipinski definition) is 4. The first kappa shape index (κ1) is 19.2. The van der Waals surface area contributed by atoms with Gasteiger partial charge in [0.15, 0.2) is 0 Å². The predicted octanol–water partition coefficient (Wildman–Crippen LogP) is 2.88. The number of carbonyl (C=O) groups excluding carboxylic acids is 3. The molecule has 1 unspecified atom stereocenters. The summed E-state index contributed by atoms with van der Waals surface area (Å²) in [6, 6.07) is 14.6. The van der Waals surface area contributed by atoms with E-state index in [0.717, 1.165) is 37.1 Å². The van der Waals surface area contributed by atoms with Crippen molar-refractivity contribution in [3.8, 4) is 0 Å². The quantitative estimate of drug-likeness (QED) is 0.794. The summed E-state index contributed by atoms with van der Waals surface area (Å²) in [6.07, 6.45) is 2.59. The number of ether oxygens (including phenoxy) is 1. The van der Waals surface area contributed by atoms with Gasteiger partial charge in [-0.2, -0.15) is 0 Å². The third kappa shape index (κ3) is 4.31. The SMILES string of the molecule is O=C(NCCC(=O)N1CCCC1)c1ccc2c(c1)CC(c1ccccc1)OC2=O. The lowest BCUT2D eigenvalue weighted by molar-refractivity contribution is -0.129. The first-order chi connectivity index (χ1) is 14.1. The van der Waals surface area contributed by atoms with Crippen LogP contribution >= 0.6 is 0 Å². The van der Waals surface area contributed by atoms with Crippen molar-refractivity contribution in [1.82, 2.24) is 10.2 Å². The van der Waals surface area contributed by atoms with Crippen LogP contribution in [0, 0.1) is 0 Å². The number of nitrogens with zero attached hydrogens (tertiary/aromatic N) is 1. The zero-order chi connectivity index (χ0) is 20.2. The second-order valence-corrected chi connectivity index (χ2v) is 7.47. The van der Waals surface area contributed by atoms with Gasteiger partial charge in [-0.3, -0.25) is 9.59 Å². The van der Waals surface area contributed by atoms with Crippen LogP contribution in [0.1, 0.15) is 57.2 Å². The lowest BCUT2D eigenvalue weighted by Gasteiger charge is -2.25. The molecule has 0 bridgehead atoms. The van der Waals surface area contributed by atoms with Gasteiger partial charge in [-0.25, -0.2) is 4.79 Å². The summed E-state index contributed by atoms with van der Waals surface area (Å²) >= 11 is 0. The maximum atomic E-state index is 12.5. The molecule has 0 saturated carbocycles. The Balaban J connectivity index is 1.40. The third-order valence-electron chi connectivity index (χ3n) is 5.50. The van der Waals surface area contributed by atoms with Crippen molar-refractivity contribution in [3.05, 3.63) is 70.8 Å². The largest absolute Gasteiger partial charge is 0.454 e. The smallest absolute Gasteiger partial charge is 0.339 e. The monoisotopic (exact) mass is 392 g/mol. The highest BCUT2D eigenvalue weighted by molar-refractivity contribution is 5.98. The highest BCUT2D eigenvalue weighted by Gasteiger charge is 2.28. The molecule has 1 N–H and O–H groups in total. The van der Waals surface area contributed by atoms with Crippen LogP contribution in [-0.2, 0) is 16.0 Å². The van der Waals surface area contributed by atoms with Gasteiger partial charge in [0.1, 0.15) is 6.10 Å². The summed E-state index contributed by atoms with van der Waals surface area (Å²) in [6.45, 7) is 1.94. The molecule has 2 aromatic carbocycles. The molecule has 2 aliphatic heterocycles. The number of nitrogens with one attached hydrogen (secondary N) is 1. The van der Waals surface area contributed by atoms with Crippen molar-refractivity contribution >= 4 is 17.8 Å². The minimum atomic E-state index is -0.372. The van der Waals surface area contributed by atoms with Gasteiger partial charge < -0.3 is 15.0 Å². The van der Waals surface area contributed by atoms with Crippen LogP contribution in [0.25, 0.3) is 0 Å². The Labute approximate surface area is 169 Å². The fourth-order valence-electron chi connectivity index (χ4n) is 3.90. The van der Waals surface area contributed by atoms with Crippen molar-refractivity contribution in [2.45, 2.75) is 31.8 Å². The highest BCUT2D eigenvalue weighted by Crippen LogP contribution is 2.31. The zero-order valence-electron chi connectivity index (χ0n) is 16.2. The van der Waals surface area contributed by atoms with Crippen LogP contribution in [0.2, 0.25) is 0 Å². The number of cyclic esters (lactones) is 1. The molecule has 6 nitrogen and oxygen atoms in total. The highest BCUT2D eigenvalue weighted by atomic mass is 16.5. The fraction of sp³-hybridized carbons (Fsp3) is 0.348. The van der Waals surface area contributed by atoms with Gasteiger partial charge in [0, 0.05) is 38.0 Å². The minimum absolute atomic E-state index is 0.0849. The van der Waals surface area contributed by atoms with E-state index in [9.17, 15) is 14.4 Å². The molecule has 1 atom stereocenters. The van der Waals surface area contributed by atoms with Crippen LogP contribution < -0.4 is 5.32 Å². The Hall–Kier alpha value is -3.15. The van der Waals surface area contributed by atoms with Crippen LogP contribution in [0.3, 0.4) is 0 Å². The number of hydrogen-bond donors (Lipinski definition) is 1. The molecule has 1 saturated heterocycles. The lowest BCUT2D eigenvalue weighted by atomic mass is 9.93. The maximum absolute atomic E-state index is 12.5. The first-order valence-corrected chi connectivity index (χ1v) is 10.1. The molecule has 2 aliphatic rings. The molecule has 2 aromatic rings. The van der Waals surface area contributed by atoms with Crippen molar-refractivity contribution < 1.29 is 19.1 Å². The lowest BCUT2D eigenvalue weighted by Crippen LogP contribution is -2.32. The summed E-state index contributed by atoms with van der Waals surface area (Å²) in [5.41, 5.74) is 2.72. The molecule has 6 heteroatoms. The molecule has 150 valence electrons. The Bertz CT molecular complexity index is 920. The number of amides is 2. The molecular weight excluding hydrogens is 368 g/mol. The van der Waals surface area contributed by atoms with Gasteiger partial charge in [-0.1, -0.05) is 30.3 Å². The van der Waals surface area contributed by atoms with E-state index >= 15 is 0 Å². The molecule has 4 rings (SSSR count). The number of rotatable bonds is 5. The molecule has 1 fully saturated rings. The van der Waals surface area contributed by atoms with Crippen molar-refractivity contribution in [2.75, 3.05) is 19.6 Å². The number of fused-ring (bicyclic) bond motifs is 1. The summed E-state index contributed by atoms with van der Waals surface area (Å²) in [7, 11) is 0. The first-order valence-electron chi connectivity index (χ1n) is 10.1. The second kappa shape index (κ2) is 8.47. The average Bonchev–Trinajstić information content (AvgIpc) is 3.29. The zero-order valence-corrected chi connectivity index (χ0v) is 16.2. The molecular formula is C23H24N2O4. The van der Waals surface area contributed by atoms with E-state index < -0.39 is 0 Å². The average molecular weight is 392 g/mol. The van der Waals surface area contributed by atoms with E-state index in [2.05, 4.69) is 5.32 Å². The van der Waals surface area contributed by atoms with E-state index in [4.69, 9.17) is 4.74 Å². The van der Waals surface area contributed by atoms with E-state index in [-0.39, 0.29) is 23.9 Å². The van der Waals surface area contributed by atoms with Crippen molar-refractivity contribution in [3.63, 3.8) is 0 Å². The Morgan fingerprint density at radius 3 is 2.59 bits per heavy atom. The van der Waals surface area contributed by atoms with Crippen LogP contribution in [0.5, 0.6) is 0 Å². The van der Waals surface area contributed by atoms with E-state index in [0.29, 0.717) is 30.5 Å². The van der Waals surface area contributed by atoms with Crippen molar-refractivity contribution in [1.29, 1.82) is 0 Å². The fourth-order valence-corrected chi connectivity index (χ4v) is 3.90. The van der Waals surface area contributed by atoms with Crippen LogP contribution in [-0.4, -0.2) is 42.3 Å². The van der Waals surface area contributed by atoms with E-state index in [1.165, 1.54) is 0 Å². The number of carbonyl (C=O) groups is 3. The standard InChI is InChI=1S/C23H24N2O4/c26-21(25-12-4-5-13-25)10-11-24-22(27)17-8-9-19-18(14-17)15-20(29-23(19)28)16-6-2-1-3-7-16/h1-3,6-9,14,20H,4-5,10-13,15H2,(H,24,27). The molecule has 0 radical (unpaired) electrons. The second-order valence-electron chi connectivity index (χ2n) is 7.47. The van der Waals surface area contributed by atoms with E-state index in [1.54, 1.807) is 18.2 Å². The van der Waals surface area contributed by atoms with Gasteiger partial charge in [-0.05, 0) is 42.2 Å². The van der Waals surface area contributed by atoms with Gasteiger partial charge >= 0.3 is 5.97 Å². The van der Waals surface area contributed by atoms with Crippen molar-refractivity contribution in [2.24, 2.45) is 0 Å². The number of benzene rings is 2. The molecule has 2 heterocycles. The normalized spacial score (nSPS) is 18.1. The van der Waals surface area contributed by atoms with E-state index in [1.807, 2.05) is 35.2 Å². The van der Waals surface area contributed by atoms with Gasteiger partial charge in [0.25, 0.3) is 5.91 Å². The minimum Gasteiger partial charge on any atom is -0.454 e. The third-order valence-corrected chi connectivity index (χ3v) is 5.50. The summed E-state index contributed by atoms with van der Waals surface area (Å²) in [4.78, 5) is 38.8. The number of esters is 1. The van der Waals surface area contributed by atoms with Crippen LogP contribution in [0.15, 0.2) is 48.5 Å². The molecule has 2 amide bonds. The summed E-state index contributed by atoms with van der Waals surface area (Å²) in [5, 5.41) is 2.81. The topological polar surface area (TPSA) is 75.7 Å². The van der Waals surface area contributed by atoms with Gasteiger partial charge in [-0.15, -0.1) is 0 Å². The Morgan fingerprint density at radius 2 is 1.83 bits per heavy atom. The maximum Gasteiger partial charge on any atom is 0.339 e. The predicted molar refractivity (Wildman–Crippen MR) is 108 cm³/mol. The van der Waals surface area contributed by atoms with Crippen LogP contribution in [0.4, 0.5) is 0 Å². The van der Waals surface area contributed by atoms with Gasteiger partial charge in [0.2, 0.25) is 5.91 Å². The molecule has 0 aromatic heterocycles. The molecule has 29 heavy (non-hydrogen) atoms. The Morgan fingerprint density at radius 1 is 1.07 bits per heavy atom. The molecule has 0 aliphatic carbocycles. The summed E-state index contributed by atoms with van der Waals surface area (Å²) in [5.74, 6) is -0.526. The molecule has 0 spiro atoms. The Kier molecular flexibility index (Phi) is 5.60. The number of likely N-dealkylation sites (tertiary alicyclic amines) is 1. The summed E-state index contributed by atoms with van der Waals surface area (Å²) < 4.78 is 5.56. The van der Waals surface area contributed by atoms with Gasteiger partial charge in [0.05, 0.1) is 5.56 Å².